The standard InChI is InChI=1S/C22H27N3O3S/c1-4-14-25(15-5-2)21(27)17-6-10-18(11-7-17)23-22(29)24-20(26)16-8-12-19(28-3)13-9-16/h6-13H,4-5,14-15H2,1-3H3,(H2,23,24,26,29). The lowest BCUT2D eigenvalue weighted by atomic mass is 10.1. The van der Waals surface area contributed by atoms with Gasteiger partial charge in [-0.3, -0.25) is 14.9 Å². The van der Waals surface area contributed by atoms with Crippen LogP contribution in [0.25, 0.3) is 0 Å². The number of nitrogens with one attached hydrogen (secondary N) is 2. The maximum Gasteiger partial charge on any atom is 0.257 e. The van der Waals surface area contributed by atoms with Crippen molar-refractivity contribution >= 4 is 34.8 Å². The number of benzene rings is 2. The minimum Gasteiger partial charge on any atom is -0.497 e. The van der Waals surface area contributed by atoms with E-state index in [0.29, 0.717) is 22.6 Å². The molecule has 0 aromatic heterocycles. The molecule has 0 unspecified atom stereocenters. The predicted molar refractivity (Wildman–Crippen MR) is 120 cm³/mol. The maximum absolute atomic E-state index is 12.6. The molecule has 0 fully saturated rings. The van der Waals surface area contributed by atoms with Crippen LogP contribution in [0, 0.1) is 0 Å². The van der Waals surface area contributed by atoms with Gasteiger partial charge in [-0.1, -0.05) is 13.8 Å². The zero-order valence-corrected chi connectivity index (χ0v) is 17.8. The van der Waals surface area contributed by atoms with Crippen LogP contribution in [-0.4, -0.2) is 42.0 Å². The minimum absolute atomic E-state index is 0.0237. The molecular weight excluding hydrogens is 386 g/mol. The number of carbonyl (C=O) groups is 2. The maximum atomic E-state index is 12.6. The predicted octanol–water partition coefficient (Wildman–Crippen LogP) is 4.08. The Balaban J connectivity index is 1.95. The van der Waals surface area contributed by atoms with Crippen molar-refractivity contribution in [1.82, 2.24) is 10.2 Å². The molecule has 0 radical (unpaired) electrons. The summed E-state index contributed by atoms with van der Waals surface area (Å²) < 4.78 is 5.08. The van der Waals surface area contributed by atoms with Gasteiger partial charge >= 0.3 is 0 Å². The summed E-state index contributed by atoms with van der Waals surface area (Å²) in [4.78, 5) is 26.7. The first-order valence-corrected chi connectivity index (χ1v) is 10.0. The van der Waals surface area contributed by atoms with Gasteiger partial charge in [0.15, 0.2) is 5.11 Å². The second-order valence-electron chi connectivity index (χ2n) is 6.51. The molecule has 2 aromatic carbocycles. The molecule has 0 atom stereocenters. The summed E-state index contributed by atoms with van der Waals surface area (Å²) >= 11 is 5.21. The number of anilines is 1. The Hall–Kier alpha value is -2.93. The van der Waals surface area contributed by atoms with Gasteiger partial charge in [0.05, 0.1) is 7.11 Å². The second-order valence-corrected chi connectivity index (χ2v) is 6.91. The molecule has 0 saturated carbocycles. The van der Waals surface area contributed by atoms with Gasteiger partial charge in [-0.05, 0) is 73.6 Å². The quantitative estimate of drug-likeness (QED) is 0.638. The van der Waals surface area contributed by atoms with Gasteiger partial charge in [-0.15, -0.1) is 0 Å². The molecule has 2 N–H and O–H groups in total. The lowest BCUT2D eigenvalue weighted by Gasteiger charge is -2.21. The molecular formula is C22H27N3O3S. The molecule has 154 valence electrons. The van der Waals surface area contributed by atoms with E-state index in [4.69, 9.17) is 17.0 Å². The Bertz CT molecular complexity index is 829. The van der Waals surface area contributed by atoms with E-state index in [1.54, 1.807) is 55.6 Å². The zero-order chi connectivity index (χ0) is 21.2. The van der Waals surface area contributed by atoms with E-state index in [1.807, 2.05) is 4.90 Å². The largest absolute Gasteiger partial charge is 0.497 e. The lowest BCUT2D eigenvalue weighted by Crippen LogP contribution is -2.34. The molecule has 0 saturated heterocycles. The van der Waals surface area contributed by atoms with Crippen molar-refractivity contribution in [3.8, 4) is 5.75 Å². The normalized spacial score (nSPS) is 10.2. The smallest absolute Gasteiger partial charge is 0.257 e. The van der Waals surface area contributed by atoms with E-state index in [2.05, 4.69) is 24.5 Å². The average molecular weight is 414 g/mol. The average Bonchev–Trinajstić information content (AvgIpc) is 2.73. The van der Waals surface area contributed by atoms with Crippen molar-refractivity contribution in [3.63, 3.8) is 0 Å². The first-order chi connectivity index (χ1) is 14.0. The molecule has 7 heteroatoms. The molecule has 0 aliphatic heterocycles. The summed E-state index contributed by atoms with van der Waals surface area (Å²) in [6.45, 7) is 5.61. The fourth-order valence-electron chi connectivity index (χ4n) is 2.81. The number of carbonyl (C=O) groups excluding carboxylic acids is 2. The van der Waals surface area contributed by atoms with Gasteiger partial charge in [-0.2, -0.15) is 0 Å². The van der Waals surface area contributed by atoms with Crippen LogP contribution in [0.1, 0.15) is 47.4 Å². The third-order valence-corrected chi connectivity index (χ3v) is 4.45. The Kier molecular flexibility index (Phi) is 8.61. The Morgan fingerprint density at radius 3 is 2.00 bits per heavy atom. The highest BCUT2D eigenvalue weighted by atomic mass is 32.1. The van der Waals surface area contributed by atoms with E-state index in [0.717, 1.165) is 25.9 Å². The number of rotatable bonds is 8. The van der Waals surface area contributed by atoms with Crippen LogP contribution in [0.5, 0.6) is 5.75 Å². The summed E-state index contributed by atoms with van der Waals surface area (Å²) in [5.74, 6) is 0.385. The summed E-state index contributed by atoms with van der Waals surface area (Å²) in [5.41, 5.74) is 1.80. The van der Waals surface area contributed by atoms with Crippen LogP contribution in [0.4, 0.5) is 5.69 Å². The third kappa shape index (κ3) is 6.57. The fourth-order valence-corrected chi connectivity index (χ4v) is 3.02. The van der Waals surface area contributed by atoms with E-state index in [-0.39, 0.29) is 16.9 Å². The van der Waals surface area contributed by atoms with Crippen molar-refractivity contribution in [2.24, 2.45) is 0 Å². The van der Waals surface area contributed by atoms with Gasteiger partial charge in [0.25, 0.3) is 11.8 Å². The van der Waals surface area contributed by atoms with Crippen molar-refractivity contribution < 1.29 is 14.3 Å². The molecule has 2 rings (SSSR count). The summed E-state index contributed by atoms with van der Waals surface area (Å²) in [5, 5.41) is 5.78. The van der Waals surface area contributed by atoms with Crippen molar-refractivity contribution in [3.05, 3.63) is 59.7 Å². The first kappa shape index (κ1) is 22.4. The Morgan fingerprint density at radius 1 is 0.931 bits per heavy atom. The lowest BCUT2D eigenvalue weighted by molar-refractivity contribution is 0.0755. The van der Waals surface area contributed by atoms with Crippen LogP contribution in [0.2, 0.25) is 0 Å². The van der Waals surface area contributed by atoms with Crippen LogP contribution in [-0.2, 0) is 0 Å². The molecule has 2 amide bonds. The molecule has 0 spiro atoms. The van der Waals surface area contributed by atoms with Gasteiger partial charge in [0.2, 0.25) is 0 Å². The number of hydrogen-bond acceptors (Lipinski definition) is 4. The van der Waals surface area contributed by atoms with Crippen molar-refractivity contribution in [2.75, 3.05) is 25.5 Å². The van der Waals surface area contributed by atoms with Gasteiger partial charge in [-0.25, -0.2) is 0 Å². The van der Waals surface area contributed by atoms with Crippen molar-refractivity contribution in [2.45, 2.75) is 26.7 Å². The monoisotopic (exact) mass is 413 g/mol. The van der Waals surface area contributed by atoms with Gasteiger partial charge < -0.3 is 15.0 Å². The van der Waals surface area contributed by atoms with Crippen LogP contribution in [0.15, 0.2) is 48.5 Å². The number of amides is 2. The summed E-state index contributed by atoms with van der Waals surface area (Å²) in [6.07, 6.45) is 1.85. The zero-order valence-electron chi connectivity index (χ0n) is 17.0. The Morgan fingerprint density at radius 2 is 1.48 bits per heavy atom. The molecule has 29 heavy (non-hydrogen) atoms. The third-order valence-electron chi connectivity index (χ3n) is 4.24. The van der Waals surface area contributed by atoms with Gasteiger partial charge in [0.1, 0.15) is 5.75 Å². The number of nitrogens with zero attached hydrogens (tertiary/aromatic N) is 1. The van der Waals surface area contributed by atoms with E-state index >= 15 is 0 Å². The second kappa shape index (κ2) is 11.2. The van der Waals surface area contributed by atoms with Crippen LogP contribution in [0.3, 0.4) is 0 Å². The molecule has 0 heterocycles. The molecule has 6 nitrogen and oxygen atoms in total. The highest BCUT2D eigenvalue weighted by molar-refractivity contribution is 7.80. The molecule has 0 aliphatic rings. The highest BCUT2D eigenvalue weighted by Crippen LogP contribution is 2.13. The summed E-state index contributed by atoms with van der Waals surface area (Å²) in [6, 6.07) is 13.8. The number of ether oxygens (including phenoxy) is 1. The number of thiocarbonyl (C=S) groups is 1. The van der Waals surface area contributed by atoms with E-state index in [1.165, 1.54) is 0 Å². The highest BCUT2D eigenvalue weighted by Gasteiger charge is 2.14. The molecule has 0 aliphatic carbocycles. The van der Waals surface area contributed by atoms with Crippen LogP contribution >= 0.6 is 12.2 Å². The van der Waals surface area contributed by atoms with Crippen molar-refractivity contribution in [1.29, 1.82) is 0 Å². The van der Waals surface area contributed by atoms with Gasteiger partial charge in [0, 0.05) is 29.9 Å². The minimum atomic E-state index is -0.313. The summed E-state index contributed by atoms with van der Waals surface area (Å²) in [7, 11) is 1.57. The topological polar surface area (TPSA) is 70.7 Å². The first-order valence-electron chi connectivity index (χ1n) is 9.64. The Labute approximate surface area is 177 Å². The molecule has 0 bridgehead atoms. The van der Waals surface area contributed by atoms with Crippen LogP contribution < -0.4 is 15.4 Å². The number of methoxy groups -OCH3 is 1. The molecule has 2 aromatic rings. The van der Waals surface area contributed by atoms with E-state index in [9.17, 15) is 9.59 Å². The SMILES string of the molecule is CCCN(CCC)C(=O)c1ccc(NC(=S)NC(=O)c2ccc(OC)cc2)cc1. The number of hydrogen-bond donors (Lipinski definition) is 2. The van der Waals surface area contributed by atoms with E-state index < -0.39 is 0 Å². The fraction of sp³-hybridized carbons (Fsp3) is 0.318.